The molecule has 5 nitrogen and oxygen atoms in total. The maximum atomic E-state index is 12.2. The van der Waals surface area contributed by atoms with Crippen molar-refractivity contribution in [2.24, 2.45) is 0 Å². The second kappa shape index (κ2) is 5.07. The van der Waals surface area contributed by atoms with Gasteiger partial charge in [-0.3, -0.25) is 9.59 Å². The Morgan fingerprint density at radius 2 is 2.11 bits per heavy atom. The first-order valence-corrected chi connectivity index (χ1v) is 7.00. The monoisotopic (exact) mass is 261 g/mol. The zero-order chi connectivity index (χ0) is 13.2. The molecule has 0 bridgehead atoms. The van der Waals surface area contributed by atoms with Gasteiger partial charge in [0.2, 0.25) is 5.91 Å². The summed E-state index contributed by atoms with van der Waals surface area (Å²) in [4.78, 5) is 24.0. The molecule has 2 heterocycles. The summed E-state index contributed by atoms with van der Waals surface area (Å²) < 4.78 is 1.84. The van der Waals surface area contributed by atoms with Crippen molar-refractivity contribution in [3.8, 4) is 0 Å². The molecule has 0 spiro atoms. The molecule has 1 atom stereocenters. The van der Waals surface area contributed by atoms with Crippen LogP contribution in [0.15, 0.2) is 18.3 Å². The average molecular weight is 261 g/mol. The molecule has 5 heteroatoms. The molecule has 1 fully saturated rings. The maximum absolute atomic E-state index is 12.2. The van der Waals surface area contributed by atoms with Gasteiger partial charge >= 0.3 is 0 Å². The molecule has 1 unspecified atom stereocenters. The summed E-state index contributed by atoms with van der Waals surface area (Å²) in [6.07, 6.45) is 7.59. The second-order valence-electron chi connectivity index (χ2n) is 5.42. The summed E-state index contributed by atoms with van der Waals surface area (Å²) >= 11 is 0. The van der Waals surface area contributed by atoms with Crippen molar-refractivity contribution in [3.05, 3.63) is 24.0 Å². The predicted octanol–water partition coefficient (Wildman–Crippen LogP) is 1.05. The average Bonchev–Trinajstić information content (AvgIpc) is 2.88. The van der Waals surface area contributed by atoms with E-state index in [0.717, 1.165) is 12.8 Å². The van der Waals surface area contributed by atoms with Crippen LogP contribution in [0.3, 0.4) is 0 Å². The summed E-state index contributed by atoms with van der Waals surface area (Å²) in [6.45, 7) is 0.520. The van der Waals surface area contributed by atoms with E-state index in [1.807, 2.05) is 16.8 Å². The number of amides is 2. The molecule has 0 radical (unpaired) electrons. The third-order valence-corrected chi connectivity index (χ3v) is 4.01. The van der Waals surface area contributed by atoms with E-state index in [0.29, 0.717) is 12.2 Å². The van der Waals surface area contributed by atoms with Crippen LogP contribution < -0.4 is 10.6 Å². The number of hydrogen-bond acceptors (Lipinski definition) is 2. The lowest BCUT2D eigenvalue weighted by atomic mass is 9.95. The van der Waals surface area contributed by atoms with Crippen LogP contribution in [0.25, 0.3) is 0 Å². The Kier molecular flexibility index (Phi) is 3.27. The van der Waals surface area contributed by atoms with Crippen molar-refractivity contribution in [1.82, 2.24) is 15.2 Å². The third-order valence-electron chi connectivity index (χ3n) is 4.01. The molecule has 1 aromatic rings. The van der Waals surface area contributed by atoms with Gasteiger partial charge in [-0.15, -0.1) is 0 Å². The standard InChI is InChI=1S/C14H19N3O2/c18-13(15-10-5-2-1-3-6-10)11-9-17-8-4-7-12(17)14(19)16-11/h4,7-8,10-11H,1-3,5-6,9H2,(H,15,18)(H,16,19). The van der Waals surface area contributed by atoms with Crippen LogP contribution >= 0.6 is 0 Å². The first-order chi connectivity index (χ1) is 9.24. The normalized spacial score (nSPS) is 23.6. The van der Waals surface area contributed by atoms with Crippen LogP contribution in [-0.4, -0.2) is 28.5 Å². The molecule has 2 aliphatic rings. The first-order valence-electron chi connectivity index (χ1n) is 7.00. The maximum Gasteiger partial charge on any atom is 0.268 e. The number of nitrogens with one attached hydrogen (secondary N) is 2. The van der Waals surface area contributed by atoms with Crippen molar-refractivity contribution in [3.63, 3.8) is 0 Å². The second-order valence-corrected chi connectivity index (χ2v) is 5.42. The highest BCUT2D eigenvalue weighted by Crippen LogP contribution is 2.18. The zero-order valence-corrected chi connectivity index (χ0v) is 10.9. The van der Waals surface area contributed by atoms with Gasteiger partial charge in [0.1, 0.15) is 11.7 Å². The molecular formula is C14H19N3O2. The fraction of sp³-hybridized carbons (Fsp3) is 0.571. The topological polar surface area (TPSA) is 63.1 Å². The quantitative estimate of drug-likeness (QED) is 0.836. The van der Waals surface area contributed by atoms with Crippen LogP contribution in [0.2, 0.25) is 0 Å². The molecule has 2 amide bonds. The van der Waals surface area contributed by atoms with Crippen LogP contribution in [0.4, 0.5) is 0 Å². The highest BCUT2D eigenvalue weighted by atomic mass is 16.2. The lowest BCUT2D eigenvalue weighted by Gasteiger charge is -2.28. The molecular weight excluding hydrogens is 242 g/mol. The molecule has 1 saturated carbocycles. The predicted molar refractivity (Wildman–Crippen MR) is 70.7 cm³/mol. The van der Waals surface area contributed by atoms with Gasteiger partial charge in [0.05, 0.1) is 6.54 Å². The van der Waals surface area contributed by atoms with Crippen molar-refractivity contribution >= 4 is 11.8 Å². The van der Waals surface area contributed by atoms with E-state index in [9.17, 15) is 9.59 Å². The summed E-state index contributed by atoms with van der Waals surface area (Å²) in [5, 5.41) is 5.84. The van der Waals surface area contributed by atoms with Crippen LogP contribution in [0, 0.1) is 0 Å². The van der Waals surface area contributed by atoms with Gasteiger partial charge in [-0.1, -0.05) is 19.3 Å². The summed E-state index contributed by atoms with van der Waals surface area (Å²) in [7, 11) is 0. The van der Waals surface area contributed by atoms with E-state index in [1.54, 1.807) is 6.07 Å². The van der Waals surface area contributed by atoms with E-state index >= 15 is 0 Å². The van der Waals surface area contributed by atoms with E-state index in [4.69, 9.17) is 0 Å². The molecule has 3 rings (SSSR count). The number of nitrogens with zero attached hydrogens (tertiary/aromatic N) is 1. The fourth-order valence-electron chi connectivity index (χ4n) is 2.95. The SMILES string of the molecule is O=C1NC(C(=O)NC2CCCCC2)Cn2cccc21. The van der Waals surface area contributed by atoms with Gasteiger partial charge in [-0.25, -0.2) is 0 Å². The molecule has 0 aromatic carbocycles. The third kappa shape index (κ3) is 2.50. The summed E-state index contributed by atoms with van der Waals surface area (Å²) in [5.41, 5.74) is 0.627. The minimum atomic E-state index is -0.450. The Morgan fingerprint density at radius 1 is 1.32 bits per heavy atom. The summed E-state index contributed by atoms with van der Waals surface area (Å²) in [5.74, 6) is -0.223. The lowest BCUT2D eigenvalue weighted by molar-refractivity contribution is -0.124. The fourth-order valence-corrected chi connectivity index (χ4v) is 2.95. The van der Waals surface area contributed by atoms with Crippen LogP contribution in [0.1, 0.15) is 42.6 Å². The Balaban J connectivity index is 1.63. The molecule has 1 aliphatic carbocycles. The van der Waals surface area contributed by atoms with Crippen molar-refractivity contribution in [1.29, 1.82) is 0 Å². The van der Waals surface area contributed by atoms with Crippen molar-refractivity contribution in [2.75, 3.05) is 0 Å². The number of aromatic nitrogens is 1. The molecule has 0 saturated heterocycles. The Labute approximate surface area is 112 Å². The molecule has 2 N–H and O–H groups in total. The number of fused-ring (bicyclic) bond motifs is 1. The Morgan fingerprint density at radius 3 is 2.89 bits per heavy atom. The molecule has 1 aliphatic heterocycles. The van der Waals surface area contributed by atoms with E-state index < -0.39 is 6.04 Å². The number of carbonyl (C=O) groups excluding carboxylic acids is 2. The number of carbonyl (C=O) groups is 2. The van der Waals surface area contributed by atoms with E-state index in [1.165, 1.54) is 19.3 Å². The highest BCUT2D eigenvalue weighted by molar-refractivity contribution is 5.97. The van der Waals surface area contributed by atoms with Gasteiger partial charge in [-0.05, 0) is 25.0 Å². The van der Waals surface area contributed by atoms with Gasteiger partial charge in [0, 0.05) is 12.2 Å². The number of rotatable bonds is 2. The smallest absolute Gasteiger partial charge is 0.268 e. The van der Waals surface area contributed by atoms with E-state index in [-0.39, 0.29) is 17.9 Å². The Hall–Kier alpha value is -1.78. The molecule has 102 valence electrons. The largest absolute Gasteiger partial charge is 0.352 e. The van der Waals surface area contributed by atoms with Gasteiger partial charge < -0.3 is 15.2 Å². The van der Waals surface area contributed by atoms with Crippen LogP contribution in [0.5, 0.6) is 0 Å². The van der Waals surface area contributed by atoms with Crippen LogP contribution in [-0.2, 0) is 11.3 Å². The zero-order valence-electron chi connectivity index (χ0n) is 10.9. The van der Waals surface area contributed by atoms with Crippen molar-refractivity contribution in [2.45, 2.75) is 50.7 Å². The van der Waals surface area contributed by atoms with E-state index in [2.05, 4.69) is 10.6 Å². The molecule has 19 heavy (non-hydrogen) atoms. The lowest BCUT2D eigenvalue weighted by Crippen LogP contribution is -2.54. The number of hydrogen-bond donors (Lipinski definition) is 2. The first kappa shape index (κ1) is 12.3. The van der Waals surface area contributed by atoms with Gasteiger partial charge in [0.15, 0.2) is 0 Å². The molecule has 1 aromatic heterocycles. The minimum absolute atomic E-state index is 0.0559. The van der Waals surface area contributed by atoms with Gasteiger partial charge in [0.25, 0.3) is 5.91 Å². The highest BCUT2D eigenvalue weighted by Gasteiger charge is 2.29. The summed E-state index contributed by atoms with van der Waals surface area (Å²) in [6, 6.07) is 3.43. The van der Waals surface area contributed by atoms with Crippen molar-refractivity contribution < 1.29 is 9.59 Å². The minimum Gasteiger partial charge on any atom is -0.352 e. The Bertz CT molecular complexity index is 489. The van der Waals surface area contributed by atoms with Gasteiger partial charge in [-0.2, -0.15) is 0 Å².